The van der Waals surface area contributed by atoms with Crippen molar-refractivity contribution in [2.45, 2.75) is 45.1 Å². The minimum absolute atomic E-state index is 0.157. The van der Waals surface area contributed by atoms with Crippen molar-refractivity contribution in [3.05, 3.63) is 29.8 Å². The van der Waals surface area contributed by atoms with Gasteiger partial charge in [0.05, 0.1) is 4.90 Å². The molecule has 0 aliphatic rings. The van der Waals surface area contributed by atoms with Crippen LogP contribution >= 0.6 is 0 Å². The van der Waals surface area contributed by atoms with Gasteiger partial charge in [-0.15, -0.1) is 0 Å². The Morgan fingerprint density at radius 1 is 1.14 bits per heavy atom. The third kappa shape index (κ3) is 4.80. The topological polar surface area (TPSA) is 49.4 Å². The van der Waals surface area contributed by atoms with Gasteiger partial charge in [0.1, 0.15) is 0 Å². The Morgan fingerprint density at radius 3 is 2.05 bits per heavy atom. The molecule has 0 heterocycles. The molecule has 0 aliphatic carbocycles. The number of sulfonamides is 1. The van der Waals surface area contributed by atoms with Crippen molar-refractivity contribution in [1.29, 1.82) is 0 Å². The van der Waals surface area contributed by atoms with Gasteiger partial charge >= 0.3 is 0 Å². The molecule has 0 aromatic heterocycles. The fourth-order valence-electron chi connectivity index (χ4n) is 2.17. The molecule has 1 unspecified atom stereocenters. The van der Waals surface area contributed by atoms with E-state index in [1.807, 2.05) is 12.1 Å². The summed E-state index contributed by atoms with van der Waals surface area (Å²) in [6.07, 6.45) is 0.889. The minimum atomic E-state index is -3.34. The Hall–Kier alpha value is -0.910. The van der Waals surface area contributed by atoms with E-state index >= 15 is 0 Å². The normalized spacial score (nSPS) is 14.4. The highest BCUT2D eigenvalue weighted by Gasteiger charge is 2.24. The lowest BCUT2D eigenvalue weighted by molar-refractivity contribution is 0.270. The average Bonchev–Trinajstić information content (AvgIpc) is 2.37. The lowest BCUT2D eigenvalue weighted by atomic mass is 9.83. The molecular weight excluding hydrogens is 284 g/mol. The number of rotatable bonds is 6. The van der Waals surface area contributed by atoms with E-state index in [-0.39, 0.29) is 5.41 Å². The fraction of sp³-hybridized carbons (Fsp3) is 0.625. The molecule has 0 radical (unpaired) electrons. The van der Waals surface area contributed by atoms with Gasteiger partial charge in [0.2, 0.25) is 10.0 Å². The summed E-state index contributed by atoms with van der Waals surface area (Å²) < 4.78 is 25.3. The Labute approximate surface area is 129 Å². The number of benzene rings is 1. The van der Waals surface area contributed by atoms with E-state index in [0.717, 1.165) is 18.5 Å². The molecule has 1 atom stereocenters. The van der Waals surface area contributed by atoms with Gasteiger partial charge in [-0.1, -0.05) is 39.8 Å². The van der Waals surface area contributed by atoms with E-state index in [1.165, 1.54) is 4.31 Å². The second-order valence-electron chi connectivity index (χ2n) is 6.61. The van der Waals surface area contributed by atoms with Crippen LogP contribution in [-0.2, 0) is 16.4 Å². The second kappa shape index (κ2) is 6.90. The van der Waals surface area contributed by atoms with Crippen LogP contribution in [0.5, 0.6) is 0 Å². The molecule has 4 nitrogen and oxygen atoms in total. The van der Waals surface area contributed by atoms with E-state index in [1.54, 1.807) is 26.2 Å². The van der Waals surface area contributed by atoms with Gasteiger partial charge in [-0.05, 0) is 36.1 Å². The highest BCUT2D eigenvalue weighted by molar-refractivity contribution is 7.89. The molecule has 120 valence electrons. The zero-order chi connectivity index (χ0) is 16.3. The van der Waals surface area contributed by atoms with Crippen LogP contribution < -0.4 is 5.32 Å². The first-order chi connectivity index (χ1) is 9.59. The van der Waals surface area contributed by atoms with E-state index in [9.17, 15) is 8.42 Å². The number of hydrogen-bond acceptors (Lipinski definition) is 3. The predicted octanol–water partition coefficient (Wildman–Crippen LogP) is 2.50. The maximum absolute atomic E-state index is 12.0. The van der Waals surface area contributed by atoms with E-state index in [4.69, 9.17) is 0 Å². The summed E-state index contributed by atoms with van der Waals surface area (Å²) in [6, 6.07) is 7.56. The van der Waals surface area contributed by atoms with Gasteiger partial charge in [0.25, 0.3) is 0 Å². The average molecular weight is 312 g/mol. The first-order valence-corrected chi connectivity index (χ1v) is 8.78. The van der Waals surface area contributed by atoms with Gasteiger partial charge < -0.3 is 5.32 Å². The van der Waals surface area contributed by atoms with E-state index < -0.39 is 10.0 Å². The lowest BCUT2D eigenvalue weighted by Crippen LogP contribution is -2.41. The number of nitrogens with zero attached hydrogens (tertiary/aromatic N) is 1. The van der Waals surface area contributed by atoms with Crippen molar-refractivity contribution < 1.29 is 8.42 Å². The summed E-state index contributed by atoms with van der Waals surface area (Å²) in [6.45, 7) is 9.67. The first kappa shape index (κ1) is 18.1. The van der Waals surface area contributed by atoms with Gasteiger partial charge in [0, 0.05) is 20.1 Å². The second-order valence-corrected chi connectivity index (χ2v) is 8.76. The van der Waals surface area contributed by atoms with E-state index in [0.29, 0.717) is 10.9 Å². The molecule has 1 rings (SSSR count). The molecule has 1 aromatic rings. The zero-order valence-corrected chi connectivity index (χ0v) is 14.8. The maximum atomic E-state index is 12.0. The Morgan fingerprint density at radius 2 is 1.67 bits per heavy atom. The summed E-state index contributed by atoms with van der Waals surface area (Å²) in [5.41, 5.74) is 1.30. The summed E-state index contributed by atoms with van der Waals surface area (Å²) >= 11 is 0. The van der Waals surface area contributed by atoms with Gasteiger partial charge in [-0.25, -0.2) is 12.7 Å². The van der Waals surface area contributed by atoms with Crippen LogP contribution in [0, 0.1) is 5.41 Å². The van der Waals surface area contributed by atoms with Crippen LogP contribution in [0.3, 0.4) is 0 Å². The third-order valence-corrected chi connectivity index (χ3v) is 5.47. The van der Waals surface area contributed by atoms with Gasteiger partial charge in [-0.2, -0.15) is 0 Å². The van der Waals surface area contributed by atoms with Gasteiger partial charge in [0.15, 0.2) is 0 Å². The maximum Gasteiger partial charge on any atom is 0.242 e. The molecule has 0 spiro atoms. The van der Waals surface area contributed by atoms with Crippen LogP contribution in [0.25, 0.3) is 0 Å². The van der Waals surface area contributed by atoms with Crippen LogP contribution in [0.15, 0.2) is 29.2 Å². The highest BCUT2D eigenvalue weighted by atomic mass is 32.2. The molecule has 0 saturated heterocycles. The van der Waals surface area contributed by atoms with Crippen molar-refractivity contribution in [3.63, 3.8) is 0 Å². The van der Waals surface area contributed by atoms with Crippen LogP contribution in [-0.4, -0.2) is 39.4 Å². The Balaban J connectivity index is 2.93. The van der Waals surface area contributed by atoms with E-state index in [2.05, 4.69) is 33.0 Å². The summed E-state index contributed by atoms with van der Waals surface area (Å²) in [5, 5.41) is 3.51. The monoisotopic (exact) mass is 312 g/mol. The number of nitrogens with one attached hydrogen (secondary N) is 1. The third-order valence-electron chi connectivity index (χ3n) is 3.64. The highest BCUT2D eigenvalue weighted by Crippen LogP contribution is 2.23. The molecule has 0 bridgehead atoms. The van der Waals surface area contributed by atoms with Crippen LogP contribution in [0.4, 0.5) is 0 Å². The van der Waals surface area contributed by atoms with Crippen molar-refractivity contribution in [3.8, 4) is 0 Å². The lowest BCUT2D eigenvalue weighted by Gasteiger charge is -2.31. The van der Waals surface area contributed by atoms with Crippen molar-refractivity contribution in [1.82, 2.24) is 9.62 Å². The zero-order valence-electron chi connectivity index (χ0n) is 14.0. The summed E-state index contributed by atoms with van der Waals surface area (Å²) in [4.78, 5) is 0.340. The largest absolute Gasteiger partial charge is 0.313 e. The predicted molar refractivity (Wildman–Crippen MR) is 87.9 cm³/mol. The molecule has 0 amide bonds. The molecule has 0 fully saturated rings. The Kier molecular flexibility index (Phi) is 5.96. The molecule has 0 aliphatic heterocycles. The number of hydrogen-bond donors (Lipinski definition) is 1. The van der Waals surface area contributed by atoms with Crippen molar-refractivity contribution >= 4 is 10.0 Å². The molecule has 1 aromatic carbocycles. The molecule has 21 heavy (non-hydrogen) atoms. The van der Waals surface area contributed by atoms with Crippen molar-refractivity contribution in [2.24, 2.45) is 5.41 Å². The molecule has 1 N–H and O–H groups in total. The quantitative estimate of drug-likeness (QED) is 0.878. The fourth-order valence-corrected chi connectivity index (χ4v) is 3.08. The molecule has 5 heteroatoms. The smallest absolute Gasteiger partial charge is 0.242 e. The minimum Gasteiger partial charge on any atom is -0.313 e. The summed E-state index contributed by atoms with van der Waals surface area (Å²) in [7, 11) is -0.252. The SMILES string of the molecule is CCNC(Cc1ccc(S(=O)(=O)N(C)C)cc1)C(C)(C)C. The van der Waals surface area contributed by atoms with Crippen LogP contribution in [0.2, 0.25) is 0 Å². The number of likely N-dealkylation sites (N-methyl/N-ethyl adjacent to an activating group) is 1. The standard InChI is InChI=1S/C16H28N2O2S/c1-7-17-15(16(2,3)4)12-13-8-10-14(11-9-13)21(19,20)18(5)6/h8-11,15,17H,7,12H2,1-6H3. The van der Waals surface area contributed by atoms with Crippen LogP contribution in [0.1, 0.15) is 33.3 Å². The summed E-state index contributed by atoms with van der Waals surface area (Å²) in [5.74, 6) is 0. The first-order valence-electron chi connectivity index (χ1n) is 7.34. The Bertz CT molecular complexity index is 543. The van der Waals surface area contributed by atoms with Gasteiger partial charge in [-0.3, -0.25) is 0 Å². The van der Waals surface area contributed by atoms with Crippen molar-refractivity contribution in [2.75, 3.05) is 20.6 Å². The molecule has 0 saturated carbocycles. The molecular formula is C16H28N2O2S.